The highest BCUT2D eigenvalue weighted by Crippen LogP contribution is 2.52. The van der Waals surface area contributed by atoms with Crippen LogP contribution in [0.1, 0.15) is 35.6 Å². The van der Waals surface area contributed by atoms with Crippen LogP contribution in [0.25, 0.3) is 0 Å². The Balaban J connectivity index is 1.59. The van der Waals surface area contributed by atoms with Gasteiger partial charge in [0.15, 0.2) is 5.82 Å². The van der Waals surface area contributed by atoms with E-state index in [9.17, 15) is 0 Å². The predicted molar refractivity (Wildman–Crippen MR) is 95.2 cm³/mol. The molecule has 1 aliphatic carbocycles. The lowest BCUT2D eigenvalue weighted by Crippen LogP contribution is -2.10. The van der Waals surface area contributed by atoms with Crippen LogP contribution in [-0.4, -0.2) is 29.4 Å². The van der Waals surface area contributed by atoms with Gasteiger partial charge in [0.2, 0.25) is 0 Å². The van der Waals surface area contributed by atoms with Gasteiger partial charge in [-0.1, -0.05) is 36.4 Å². The van der Waals surface area contributed by atoms with Crippen molar-refractivity contribution in [1.82, 2.24) is 15.2 Å². The molecule has 1 aromatic heterocycles. The summed E-state index contributed by atoms with van der Waals surface area (Å²) >= 11 is 0. The number of rotatable bonds is 6. The monoisotopic (exact) mass is 335 g/mol. The van der Waals surface area contributed by atoms with Crippen LogP contribution in [0.15, 0.2) is 48.5 Å². The predicted octanol–water partition coefficient (Wildman–Crippen LogP) is 3.49. The Morgan fingerprint density at radius 1 is 1.04 bits per heavy atom. The molecule has 5 nitrogen and oxygen atoms in total. The molecule has 4 rings (SSSR count). The molecular weight excluding hydrogens is 314 g/mol. The topological polar surface area (TPSA) is 60.0 Å². The fourth-order valence-electron chi connectivity index (χ4n) is 3.29. The van der Waals surface area contributed by atoms with Crippen LogP contribution in [0, 0.1) is 0 Å². The van der Waals surface area contributed by atoms with E-state index in [-0.39, 0.29) is 5.41 Å². The number of H-pyrrole nitrogens is 1. The van der Waals surface area contributed by atoms with E-state index in [2.05, 4.69) is 34.5 Å². The number of benzene rings is 2. The Morgan fingerprint density at radius 2 is 1.84 bits per heavy atom. The summed E-state index contributed by atoms with van der Waals surface area (Å²) in [4.78, 5) is 4.78. The molecule has 1 heterocycles. The van der Waals surface area contributed by atoms with Crippen molar-refractivity contribution in [2.45, 2.75) is 24.7 Å². The van der Waals surface area contributed by atoms with Crippen molar-refractivity contribution in [1.29, 1.82) is 0 Å². The quantitative estimate of drug-likeness (QED) is 0.749. The van der Waals surface area contributed by atoms with Gasteiger partial charge in [-0.15, -0.1) is 0 Å². The van der Waals surface area contributed by atoms with Crippen LogP contribution in [0.2, 0.25) is 0 Å². The fourth-order valence-corrected chi connectivity index (χ4v) is 3.29. The number of methoxy groups -OCH3 is 2. The summed E-state index contributed by atoms with van der Waals surface area (Å²) in [6.07, 6.45) is 2.84. The Kier molecular flexibility index (Phi) is 3.92. The number of aromatic nitrogens is 3. The molecule has 0 saturated heterocycles. The summed E-state index contributed by atoms with van der Waals surface area (Å²) in [7, 11) is 3.31. The normalized spacial score (nSPS) is 15.0. The number of hydrogen-bond acceptors (Lipinski definition) is 4. The van der Waals surface area contributed by atoms with Crippen LogP contribution in [0.5, 0.6) is 11.5 Å². The molecule has 0 radical (unpaired) electrons. The highest BCUT2D eigenvalue weighted by molar-refractivity contribution is 5.43. The molecule has 3 aromatic rings. The molecule has 1 saturated carbocycles. The third kappa shape index (κ3) is 2.86. The Hall–Kier alpha value is -2.82. The van der Waals surface area contributed by atoms with Crippen molar-refractivity contribution in [2.75, 3.05) is 14.2 Å². The molecule has 0 spiro atoms. The zero-order chi connectivity index (χ0) is 17.3. The first-order chi connectivity index (χ1) is 12.2. The highest BCUT2D eigenvalue weighted by Gasteiger charge is 2.49. The van der Waals surface area contributed by atoms with Crippen LogP contribution < -0.4 is 9.47 Å². The minimum atomic E-state index is -0.0139. The fraction of sp³-hybridized carbons (Fsp3) is 0.300. The Bertz CT molecular complexity index is 870. The van der Waals surface area contributed by atoms with Gasteiger partial charge in [-0.05, 0) is 24.5 Å². The van der Waals surface area contributed by atoms with Gasteiger partial charge in [-0.25, -0.2) is 4.98 Å². The van der Waals surface area contributed by atoms with E-state index in [0.29, 0.717) is 6.42 Å². The standard InChI is InChI=1S/C20H21N3O2/c1-24-16-9-8-14(17(13-16)25-2)12-18-21-19(23-22-18)20(10-11-20)15-6-4-3-5-7-15/h3-9,13H,10-12H2,1-2H3,(H,21,22,23). The van der Waals surface area contributed by atoms with Crippen LogP contribution in [0.4, 0.5) is 0 Å². The van der Waals surface area contributed by atoms with Gasteiger partial charge in [-0.2, -0.15) is 5.10 Å². The van der Waals surface area contributed by atoms with E-state index >= 15 is 0 Å². The second kappa shape index (κ2) is 6.24. The lowest BCUT2D eigenvalue weighted by atomic mass is 9.95. The molecule has 0 aliphatic heterocycles. The number of hydrogen-bond donors (Lipinski definition) is 1. The van der Waals surface area contributed by atoms with Gasteiger partial charge in [0.05, 0.1) is 19.6 Å². The third-order valence-corrected chi connectivity index (χ3v) is 4.89. The molecule has 128 valence electrons. The minimum absolute atomic E-state index is 0.0139. The summed E-state index contributed by atoms with van der Waals surface area (Å²) in [5.74, 6) is 3.31. The summed E-state index contributed by atoms with van der Waals surface area (Å²) in [5.41, 5.74) is 2.33. The SMILES string of the molecule is COc1ccc(Cc2nc(C3(c4ccccc4)CC3)n[nH]2)c(OC)c1. The lowest BCUT2D eigenvalue weighted by Gasteiger charge is -2.11. The smallest absolute Gasteiger partial charge is 0.161 e. The first-order valence-corrected chi connectivity index (χ1v) is 8.43. The van der Waals surface area contributed by atoms with Crippen molar-refractivity contribution in [3.05, 3.63) is 71.3 Å². The molecule has 25 heavy (non-hydrogen) atoms. The van der Waals surface area contributed by atoms with E-state index in [1.54, 1.807) is 14.2 Å². The number of aromatic amines is 1. The number of nitrogens with zero attached hydrogens (tertiary/aromatic N) is 2. The third-order valence-electron chi connectivity index (χ3n) is 4.89. The van der Waals surface area contributed by atoms with Crippen molar-refractivity contribution in [2.24, 2.45) is 0 Å². The summed E-state index contributed by atoms with van der Waals surface area (Å²) in [5, 5.41) is 7.61. The average Bonchev–Trinajstić information content (AvgIpc) is 3.35. The minimum Gasteiger partial charge on any atom is -0.497 e. The Morgan fingerprint density at radius 3 is 2.52 bits per heavy atom. The molecule has 5 heteroatoms. The summed E-state index contributed by atoms with van der Waals surface area (Å²) in [6.45, 7) is 0. The maximum Gasteiger partial charge on any atom is 0.161 e. The van der Waals surface area contributed by atoms with Crippen LogP contribution in [0.3, 0.4) is 0 Å². The van der Waals surface area contributed by atoms with Gasteiger partial charge in [0.25, 0.3) is 0 Å². The van der Waals surface area contributed by atoms with E-state index in [4.69, 9.17) is 14.5 Å². The summed E-state index contributed by atoms with van der Waals surface area (Å²) < 4.78 is 10.7. The van der Waals surface area contributed by atoms with Crippen molar-refractivity contribution < 1.29 is 9.47 Å². The van der Waals surface area contributed by atoms with E-state index < -0.39 is 0 Å². The largest absolute Gasteiger partial charge is 0.497 e. The molecule has 2 aromatic carbocycles. The maximum absolute atomic E-state index is 5.47. The first-order valence-electron chi connectivity index (χ1n) is 8.43. The molecule has 1 aliphatic rings. The number of nitrogens with one attached hydrogen (secondary N) is 1. The molecule has 0 unspecified atom stereocenters. The van der Waals surface area contributed by atoms with Crippen molar-refractivity contribution in [3.8, 4) is 11.5 Å². The van der Waals surface area contributed by atoms with Crippen molar-refractivity contribution >= 4 is 0 Å². The van der Waals surface area contributed by atoms with E-state index in [1.807, 2.05) is 24.3 Å². The van der Waals surface area contributed by atoms with Gasteiger partial charge in [0.1, 0.15) is 17.3 Å². The molecule has 0 bridgehead atoms. The molecule has 0 amide bonds. The zero-order valence-corrected chi connectivity index (χ0v) is 14.5. The highest BCUT2D eigenvalue weighted by atomic mass is 16.5. The molecular formula is C20H21N3O2. The second-order valence-electron chi connectivity index (χ2n) is 6.41. The number of ether oxygens (including phenoxy) is 2. The van der Waals surface area contributed by atoms with Gasteiger partial charge in [0, 0.05) is 18.1 Å². The molecule has 1 fully saturated rings. The average molecular weight is 335 g/mol. The second-order valence-corrected chi connectivity index (χ2v) is 6.41. The van der Waals surface area contributed by atoms with Gasteiger partial charge in [-0.3, -0.25) is 5.10 Å². The van der Waals surface area contributed by atoms with Crippen molar-refractivity contribution in [3.63, 3.8) is 0 Å². The zero-order valence-electron chi connectivity index (χ0n) is 14.5. The lowest BCUT2D eigenvalue weighted by molar-refractivity contribution is 0.391. The van der Waals surface area contributed by atoms with Crippen LogP contribution in [-0.2, 0) is 11.8 Å². The Labute approximate surface area is 147 Å². The molecule has 1 N–H and O–H groups in total. The maximum atomic E-state index is 5.47. The van der Waals surface area contributed by atoms with E-state index in [1.165, 1.54) is 5.56 Å². The summed E-state index contributed by atoms with van der Waals surface area (Å²) in [6, 6.07) is 16.3. The van der Waals surface area contributed by atoms with Gasteiger partial charge < -0.3 is 9.47 Å². The first kappa shape index (κ1) is 15.7. The van der Waals surface area contributed by atoms with Gasteiger partial charge >= 0.3 is 0 Å². The van der Waals surface area contributed by atoms with E-state index in [0.717, 1.165) is 41.6 Å². The molecule has 0 atom stereocenters. The van der Waals surface area contributed by atoms with Crippen LogP contribution >= 0.6 is 0 Å².